The van der Waals surface area contributed by atoms with Gasteiger partial charge in [0.1, 0.15) is 16.5 Å². The van der Waals surface area contributed by atoms with Gasteiger partial charge in [0.2, 0.25) is 11.8 Å². The largest absolute Gasteiger partial charge is 0.506 e. The van der Waals surface area contributed by atoms with Crippen LogP contribution in [0.5, 0.6) is 11.5 Å². The fraction of sp³-hybridized carbons (Fsp3) is 0.174. The highest BCUT2D eigenvalue weighted by Crippen LogP contribution is 2.28. The van der Waals surface area contributed by atoms with E-state index in [1.165, 1.54) is 62.8 Å². The highest BCUT2D eigenvalue weighted by molar-refractivity contribution is 5.97. The summed E-state index contributed by atoms with van der Waals surface area (Å²) in [6.45, 7) is 2.26. The SMILES string of the molecule is CC(=O)Nc1ccc(NC(=O)C[N+]2(CC(=O)Nc3ccc(NC(C)=O)cc3O)C=C[N+]=C2)c(O)c1. The number of phenolic OH excluding ortho intramolecular Hbond substituents is 2. The molecule has 0 unspecified atom stereocenters. The number of carbonyl (C=O) groups is 4. The number of quaternary nitrogens is 1. The van der Waals surface area contributed by atoms with E-state index in [0.717, 1.165) is 0 Å². The van der Waals surface area contributed by atoms with Crippen LogP contribution >= 0.6 is 0 Å². The monoisotopic (exact) mass is 481 g/mol. The standard InChI is InChI=1S/C23H24N6O6/c1-14(30)25-16-3-5-18(20(32)9-16)27-22(34)11-29(8-7-24-13-29)12-23(35)28-19-6-4-17(10-21(19)33)26-15(2)31/h3-10,13H,11-12H2,1-2H3,(H5-,25,26,27,28,30,31,32,33,34,35)/q+1/p+1. The zero-order chi connectivity index (χ0) is 25.6. The maximum absolute atomic E-state index is 12.7. The number of phenols is 2. The van der Waals surface area contributed by atoms with Crippen LogP contribution < -0.4 is 26.3 Å². The third-order valence-electron chi connectivity index (χ3n) is 4.81. The Bertz CT molecular complexity index is 1140. The summed E-state index contributed by atoms with van der Waals surface area (Å²) in [6.07, 6.45) is 4.46. The summed E-state index contributed by atoms with van der Waals surface area (Å²) in [4.78, 5) is 51.7. The molecule has 181 valence electrons. The summed E-state index contributed by atoms with van der Waals surface area (Å²) < 4.78 is -0.229. The topological polar surface area (TPSA) is 171 Å². The number of anilines is 4. The number of nitrogens with zero attached hydrogens (tertiary/aromatic N) is 2. The summed E-state index contributed by atoms with van der Waals surface area (Å²) in [7, 11) is 0. The van der Waals surface area contributed by atoms with Crippen molar-refractivity contribution < 1.29 is 33.9 Å². The molecule has 1 heterocycles. The van der Waals surface area contributed by atoms with Gasteiger partial charge in [-0.25, -0.2) is 0 Å². The average molecular weight is 481 g/mol. The quantitative estimate of drug-likeness (QED) is 0.245. The Hall–Kier alpha value is -4.71. The molecule has 2 aromatic carbocycles. The van der Waals surface area contributed by atoms with Crippen LogP contribution in [0.4, 0.5) is 22.7 Å². The normalized spacial score (nSPS) is 13.2. The summed E-state index contributed by atoms with van der Waals surface area (Å²) in [5.74, 6) is -2.08. The molecule has 1 radical (unpaired) electrons. The van der Waals surface area contributed by atoms with Gasteiger partial charge in [0.15, 0.2) is 19.3 Å². The zero-order valence-corrected chi connectivity index (χ0v) is 19.0. The first-order chi connectivity index (χ1) is 16.5. The molecule has 4 amide bonds. The number of aliphatic imine (C=N–C) groups is 1. The van der Waals surface area contributed by atoms with Crippen molar-refractivity contribution in [2.24, 2.45) is 0 Å². The molecule has 0 aromatic heterocycles. The number of hydrogen-bond donors (Lipinski definition) is 6. The van der Waals surface area contributed by atoms with Crippen molar-refractivity contribution in [3.63, 3.8) is 0 Å². The fourth-order valence-electron chi connectivity index (χ4n) is 3.37. The van der Waals surface area contributed by atoms with Crippen molar-refractivity contribution in [2.75, 3.05) is 34.4 Å². The smallest absolute Gasteiger partial charge is 0.404 e. The molecule has 1 aliphatic heterocycles. The molecule has 1 aliphatic rings. The van der Waals surface area contributed by atoms with Crippen LogP contribution in [0, 0.1) is 0 Å². The number of amides is 4. The number of aromatic hydroxyl groups is 2. The van der Waals surface area contributed by atoms with Crippen LogP contribution in [0.3, 0.4) is 0 Å². The van der Waals surface area contributed by atoms with Gasteiger partial charge in [0.25, 0.3) is 11.8 Å². The Balaban J connectivity index is 1.65. The van der Waals surface area contributed by atoms with Crippen molar-refractivity contribution in [1.29, 1.82) is 0 Å². The summed E-state index contributed by atoms with van der Waals surface area (Å²) in [5, 5.41) is 30.5. The van der Waals surface area contributed by atoms with E-state index in [9.17, 15) is 29.4 Å². The Morgan fingerprint density at radius 2 is 1.23 bits per heavy atom. The van der Waals surface area contributed by atoms with Gasteiger partial charge in [0.05, 0.1) is 11.4 Å². The van der Waals surface area contributed by atoms with E-state index in [-0.39, 0.29) is 52.3 Å². The fourth-order valence-corrected chi connectivity index (χ4v) is 3.37. The molecule has 0 spiro atoms. The van der Waals surface area contributed by atoms with Gasteiger partial charge in [-0.15, -0.1) is 0 Å². The molecule has 6 N–H and O–H groups in total. The summed E-state index contributed by atoms with van der Waals surface area (Å²) in [5.41, 5.74) is 1.01. The van der Waals surface area contributed by atoms with Crippen molar-refractivity contribution in [3.8, 4) is 11.5 Å². The Morgan fingerprint density at radius 1 is 0.771 bits per heavy atom. The van der Waals surface area contributed by atoms with E-state index in [2.05, 4.69) is 26.3 Å². The molecule has 0 aliphatic carbocycles. The van der Waals surface area contributed by atoms with E-state index in [1.807, 2.05) is 0 Å². The molecule has 0 atom stereocenters. The van der Waals surface area contributed by atoms with Crippen molar-refractivity contribution >= 4 is 52.7 Å². The first-order valence-corrected chi connectivity index (χ1v) is 10.4. The number of nitrogens with one attached hydrogen (secondary N) is 4. The number of carbonyl (C=O) groups excluding carboxylic acids is 4. The minimum absolute atomic E-state index is 0.135. The lowest BCUT2D eigenvalue weighted by Gasteiger charge is -2.22. The predicted molar refractivity (Wildman–Crippen MR) is 129 cm³/mol. The molecule has 0 fully saturated rings. The van der Waals surface area contributed by atoms with Crippen LogP contribution in [-0.2, 0) is 19.2 Å². The second kappa shape index (κ2) is 10.5. The average Bonchev–Trinajstić information content (AvgIpc) is 3.18. The molecule has 0 saturated carbocycles. The Labute approximate surface area is 200 Å². The maximum atomic E-state index is 12.7. The lowest BCUT2D eigenvalue weighted by Crippen LogP contribution is -2.50. The molecular weight excluding hydrogens is 456 g/mol. The van der Waals surface area contributed by atoms with E-state index in [1.54, 1.807) is 6.20 Å². The minimum Gasteiger partial charge on any atom is -0.506 e. The first kappa shape index (κ1) is 24.9. The molecule has 12 nitrogen and oxygen atoms in total. The van der Waals surface area contributed by atoms with Crippen molar-refractivity contribution in [1.82, 2.24) is 4.99 Å². The van der Waals surface area contributed by atoms with E-state index in [4.69, 9.17) is 0 Å². The second-order valence-electron chi connectivity index (χ2n) is 7.90. The zero-order valence-electron chi connectivity index (χ0n) is 19.0. The van der Waals surface area contributed by atoms with Gasteiger partial charge >= 0.3 is 12.5 Å². The molecule has 2 aromatic rings. The van der Waals surface area contributed by atoms with Crippen LogP contribution in [0.1, 0.15) is 13.8 Å². The molecule has 0 saturated heterocycles. The van der Waals surface area contributed by atoms with E-state index >= 15 is 0 Å². The van der Waals surface area contributed by atoms with Crippen LogP contribution in [0.2, 0.25) is 0 Å². The van der Waals surface area contributed by atoms with Crippen LogP contribution in [0.25, 0.3) is 0 Å². The van der Waals surface area contributed by atoms with Crippen LogP contribution in [-0.4, -0.2) is 57.8 Å². The van der Waals surface area contributed by atoms with Crippen molar-refractivity contribution in [3.05, 3.63) is 48.8 Å². The molecule has 3 rings (SSSR count). The highest BCUT2D eigenvalue weighted by atomic mass is 16.3. The predicted octanol–water partition coefficient (Wildman–Crippen LogP) is 1.26. The third-order valence-corrected chi connectivity index (χ3v) is 4.81. The van der Waals surface area contributed by atoms with E-state index in [0.29, 0.717) is 11.4 Å². The molecule has 12 heteroatoms. The van der Waals surface area contributed by atoms with Gasteiger partial charge in [-0.1, -0.05) is 0 Å². The summed E-state index contributed by atoms with van der Waals surface area (Å²) >= 11 is 0. The van der Waals surface area contributed by atoms with E-state index < -0.39 is 11.8 Å². The summed E-state index contributed by atoms with van der Waals surface area (Å²) in [6, 6.07) is 8.53. The maximum Gasteiger partial charge on any atom is 0.404 e. The number of benzene rings is 2. The second-order valence-corrected chi connectivity index (χ2v) is 7.90. The first-order valence-electron chi connectivity index (χ1n) is 10.4. The Morgan fingerprint density at radius 3 is 1.57 bits per heavy atom. The van der Waals surface area contributed by atoms with Gasteiger partial charge in [0, 0.05) is 37.4 Å². The highest BCUT2D eigenvalue weighted by Gasteiger charge is 2.38. The molecule has 35 heavy (non-hydrogen) atoms. The lowest BCUT2D eigenvalue weighted by atomic mass is 10.2. The minimum atomic E-state index is -0.499. The van der Waals surface area contributed by atoms with Gasteiger partial charge in [-0.2, -0.15) is 4.48 Å². The lowest BCUT2D eigenvalue weighted by molar-refractivity contribution is -0.760. The van der Waals surface area contributed by atoms with Crippen molar-refractivity contribution in [2.45, 2.75) is 13.8 Å². The molecular formula is C23H25N6O6+2. The third kappa shape index (κ3) is 6.88. The van der Waals surface area contributed by atoms with Gasteiger partial charge < -0.3 is 31.5 Å². The number of rotatable bonds is 8. The van der Waals surface area contributed by atoms with Crippen LogP contribution in [0.15, 0.2) is 48.8 Å². The number of hydrogen-bond acceptors (Lipinski definition) is 7. The van der Waals surface area contributed by atoms with Gasteiger partial charge in [-0.3, -0.25) is 19.2 Å². The van der Waals surface area contributed by atoms with Gasteiger partial charge in [-0.05, 0) is 24.3 Å². The Kier molecular flexibility index (Phi) is 7.46. The molecule has 0 bridgehead atoms.